The molecule has 1 aliphatic carbocycles. The van der Waals surface area contributed by atoms with Crippen LogP contribution in [0.15, 0.2) is 24.3 Å². The Balaban J connectivity index is 1.80. The number of unbranched alkanes of at least 4 members (excludes halogenated alkanes) is 3. The van der Waals surface area contributed by atoms with Gasteiger partial charge in [0.2, 0.25) is 0 Å². The molecule has 0 amide bonds. The zero-order chi connectivity index (χ0) is 14.2. The predicted octanol–water partition coefficient (Wildman–Crippen LogP) is 3.42. The van der Waals surface area contributed by atoms with E-state index >= 15 is 0 Å². The van der Waals surface area contributed by atoms with Crippen molar-refractivity contribution in [1.82, 2.24) is 4.90 Å². The number of aliphatic hydroxyl groups excluding tert-OH is 1. The van der Waals surface area contributed by atoms with Crippen molar-refractivity contribution in [3.05, 3.63) is 35.4 Å². The van der Waals surface area contributed by atoms with Crippen molar-refractivity contribution in [3.63, 3.8) is 0 Å². The van der Waals surface area contributed by atoms with Crippen molar-refractivity contribution in [1.29, 1.82) is 0 Å². The zero-order valence-corrected chi connectivity index (χ0v) is 12.9. The van der Waals surface area contributed by atoms with Crippen LogP contribution >= 0.6 is 0 Å². The van der Waals surface area contributed by atoms with Crippen LogP contribution in [0.4, 0.5) is 0 Å². The van der Waals surface area contributed by atoms with E-state index in [2.05, 4.69) is 36.1 Å². The minimum atomic E-state index is 0.344. The molecule has 112 valence electrons. The minimum Gasteiger partial charge on any atom is -0.396 e. The molecule has 1 aromatic carbocycles. The van der Waals surface area contributed by atoms with E-state index in [9.17, 15) is 0 Å². The number of likely N-dealkylation sites (N-methyl/N-ethyl adjacent to an activating group) is 1. The first-order chi connectivity index (χ1) is 9.85. The highest BCUT2D eigenvalue weighted by molar-refractivity contribution is 5.30. The number of fused-ring (bicyclic) bond motifs is 1. The topological polar surface area (TPSA) is 23.5 Å². The van der Waals surface area contributed by atoms with Gasteiger partial charge in [-0.3, -0.25) is 0 Å². The average Bonchev–Trinajstić information content (AvgIpc) is 2.50. The molecule has 2 nitrogen and oxygen atoms in total. The lowest BCUT2D eigenvalue weighted by atomic mass is 9.87. The Kier molecular flexibility index (Phi) is 6.55. The molecule has 0 aliphatic heterocycles. The quantitative estimate of drug-likeness (QED) is 0.735. The third-order valence-electron chi connectivity index (χ3n) is 4.60. The van der Waals surface area contributed by atoms with Crippen LogP contribution < -0.4 is 0 Å². The maximum absolute atomic E-state index is 8.81. The molecular weight excluding hydrogens is 246 g/mol. The average molecular weight is 275 g/mol. The molecule has 2 heteroatoms. The van der Waals surface area contributed by atoms with Crippen molar-refractivity contribution in [2.75, 3.05) is 19.7 Å². The standard InChI is InChI=1S/C18H29NO/c1-2-19(13-7-3-4-8-14-20)18-12-11-16-9-5-6-10-17(16)15-18/h5-6,9-10,18,20H,2-4,7-8,11-15H2,1H3/t18-/m0/s1. The van der Waals surface area contributed by atoms with Crippen LogP contribution in [0.5, 0.6) is 0 Å². The lowest BCUT2D eigenvalue weighted by Crippen LogP contribution is -2.39. The molecule has 0 heterocycles. The van der Waals surface area contributed by atoms with Gasteiger partial charge in [-0.2, -0.15) is 0 Å². The van der Waals surface area contributed by atoms with E-state index in [1.54, 1.807) is 11.1 Å². The lowest BCUT2D eigenvalue weighted by molar-refractivity contribution is 0.184. The third-order valence-corrected chi connectivity index (χ3v) is 4.60. The zero-order valence-electron chi connectivity index (χ0n) is 12.9. The van der Waals surface area contributed by atoms with Crippen molar-refractivity contribution in [2.24, 2.45) is 0 Å². The van der Waals surface area contributed by atoms with Crippen molar-refractivity contribution < 1.29 is 5.11 Å². The molecule has 20 heavy (non-hydrogen) atoms. The Morgan fingerprint density at radius 2 is 1.85 bits per heavy atom. The smallest absolute Gasteiger partial charge is 0.0431 e. The molecule has 0 saturated carbocycles. The van der Waals surface area contributed by atoms with Crippen LogP contribution in [-0.4, -0.2) is 35.7 Å². The van der Waals surface area contributed by atoms with Gasteiger partial charge in [0.15, 0.2) is 0 Å². The second-order valence-electron chi connectivity index (χ2n) is 5.93. The molecule has 0 saturated heterocycles. The maximum atomic E-state index is 8.81. The van der Waals surface area contributed by atoms with Gasteiger partial charge >= 0.3 is 0 Å². The Morgan fingerprint density at radius 3 is 2.60 bits per heavy atom. The Labute approximate surface area is 123 Å². The monoisotopic (exact) mass is 275 g/mol. The molecule has 1 atom stereocenters. The number of rotatable bonds is 8. The van der Waals surface area contributed by atoms with Gasteiger partial charge in [0, 0.05) is 12.6 Å². The van der Waals surface area contributed by atoms with Crippen LogP contribution in [0, 0.1) is 0 Å². The molecule has 2 rings (SSSR count). The first kappa shape index (κ1) is 15.5. The van der Waals surface area contributed by atoms with Crippen LogP contribution in [0.2, 0.25) is 0 Å². The molecule has 0 spiro atoms. The summed E-state index contributed by atoms with van der Waals surface area (Å²) < 4.78 is 0. The van der Waals surface area contributed by atoms with E-state index in [4.69, 9.17) is 5.11 Å². The normalized spacial score (nSPS) is 18.2. The van der Waals surface area contributed by atoms with E-state index in [-0.39, 0.29) is 0 Å². The van der Waals surface area contributed by atoms with Gasteiger partial charge in [0.25, 0.3) is 0 Å². The van der Waals surface area contributed by atoms with E-state index < -0.39 is 0 Å². The summed E-state index contributed by atoms with van der Waals surface area (Å²) in [5, 5.41) is 8.81. The molecule has 0 fully saturated rings. The highest BCUT2D eigenvalue weighted by atomic mass is 16.2. The van der Waals surface area contributed by atoms with Gasteiger partial charge in [0.1, 0.15) is 0 Å². The fourth-order valence-electron chi connectivity index (χ4n) is 3.37. The number of hydrogen-bond acceptors (Lipinski definition) is 2. The first-order valence-electron chi connectivity index (χ1n) is 8.26. The summed E-state index contributed by atoms with van der Waals surface area (Å²) in [7, 11) is 0. The minimum absolute atomic E-state index is 0.344. The van der Waals surface area contributed by atoms with Gasteiger partial charge in [-0.05, 0) is 56.3 Å². The van der Waals surface area contributed by atoms with Gasteiger partial charge in [-0.25, -0.2) is 0 Å². The van der Waals surface area contributed by atoms with Gasteiger partial charge < -0.3 is 10.0 Å². The van der Waals surface area contributed by atoms with Crippen LogP contribution in [0.3, 0.4) is 0 Å². The number of nitrogens with zero attached hydrogens (tertiary/aromatic N) is 1. The summed E-state index contributed by atoms with van der Waals surface area (Å²) in [5.74, 6) is 0. The molecule has 0 aromatic heterocycles. The number of benzene rings is 1. The molecule has 0 radical (unpaired) electrons. The van der Waals surface area contributed by atoms with Crippen molar-refractivity contribution in [2.45, 2.75) is 57.9 Å². The molecule has 0 unspecified atom stereocenters. The van der Waals surface area contributed by atoms with Crippen molar-refractivity contribution in [3.8, 4) is 0 Å². The maximum Gasteiger partial charge on any atom is 0.0431 e. The van der Waals surface area contributed by atoms with E-state index in [0.29, 0.717) is 6.61 Å². The predicted molar refractivity (Wildman–Crippen MR) is 85.1 cm³/mol. The Morgan fingerprint density at radius 1 is 1.10 bits per heavy atom. The first-order valence-corrected chi connectivity index (χ1v) is 8.26. The summed E-state index contributed by atoms with van der Waals surface area (Å²) in [6, 6.07) is 9.66. The molecule has 1 aromatic rings. The highest BCUT2D eigenvalue weighted by Crippen LogP contribution is 2.24. The van der Waals surface area contributed by atoms with E-state index in [1.165, 1.54) is 45.1 Å². The number of aliphatic hydroxyl groups is 1. The highest BCUT2D eigenvalue weighted by Gasteiger charge is 2.22. The van der Waals surface area contributed by atoms with Gasteiger partial charge in [0.05, 0.1) is 0 Å². The second-order valence-corrected chi connectivity index (χ2v) is 5.93. The van der Waals surface area contributed by atoms with E-state index in [1.807, 2.05) is 0 Å². The molecule has 0 bridgehead atoms. The summed E-state index contributed by atoms with van der Waals surface area (Å²) in [6.07, 6.45) is 8.42. The molecule has 1 aliphatic rings. The summed E-state index contributed by atoms with van der Waals surface area (Å²) in [4.78, 5) is 2.66. The molecule has 1 N–H and O–H groups in total. The fourth-order valence-corrected chi connectivity index (χ4v) is 3.37. The van der Waals surface area contributed by atoms with Crippen molar-refractivity contribution >= 4 is 0 Å². The Hall–Kier alpha value is -0.860. The van der Waals surface area contributed by atoms with Gasteiger partial charge in [-0.1, -0.05) is 44.0 Å². The number of aryl methyl sites for hydroxylation is 1. The summed E-state index contributed by atoms with van der Waals surface area (Å²) >= 11 is 0. The third kappa shape index (κ3) is 4.32. The van der Waals surface area contributed by atoms with Crippen LogP contribution in [0.25, 0.3) is 0 Å². The fraction of sp³-hybridized carbons (Fsp3) is 0.667. The summed E-state index contributed by atoms with van der Waals surface area (Å²) in [6.45, 7) is 5.01. The van der Waals surface area contributed by atoms with Crippen LogP contribution in [-0.2, 0) is 12.8 Å². The van der Waals surface area contributed by atoms with Crippen LogP contribution in [0.1, 0.15) is 50.2 Å². The number of hydrogen-bond donors (Lipinski definition) is 1. The second kappa shape index (κ2) is 8.43. The lowest BCUT2D eigenvalue weighted by Gasteiger charge is -2.34. The molecular formula is C18H29NO. The van der Waals surface area contributed by atoms with Gasteiger partial charge in [-0.15, -0.1) is 0 Å². The SMILES string of the molecule is CCN(CCCCCCO)[C@H]1CCc2ccccc2C1. The summed E-state index contributed by atoms with van der Waals surface area (Å²) in [5.41, 5.74) is 3.12. The Bertz CT molecular complexity index is 391. The largest absolute Gasteiger partial charge is 0.396 e. The van der Waals surface area contributed by atoms with E-state index in [0.717, 1.165) is 19.0 Å².